The summed E-state index contributed by atoms with van der Waals surface area (Å²) in [6, 6.07) is 17.1. The van der Waals surface area contributed by atoms with Crippen molar-refractivity contribution < 1.29 is 13.9 Å². The van der Waals surface area contributed by atoms with Gasteiger partial charge in [0, 0.05) is 17.8 Å². The first kappa shape index (κ1) is 19.6. The van der Waals surface area contributed by atoms with E-state index in [4.69, 9.17) is 32.4 Å². The fourth-order valence-electron chi connectivity index (χ4n) is 2.49. The van der Waals surface area contributed by atoms with Crippen molar-refractivity contribution in [1.82, 2.24) is 0 Å². The second kappa shape index (κ2) is 8.66. The fourth-order valence-corrected chi connectivity index (χ4v) is 3.07. The van der Waals surface area contributed by atoms with Crippen molar-refractivity contribution in [3.8, 4) is 23.1 Å². The van der Waals surface area contributed by atoms with Crippen LogP contribution in [-0.2, 0) is 4.79 Å². The van der Waals surface area contributed by atoms with Crippen LogP contribution in [0.4, 0.5) is 5.69 Å². The highest BCUT2D eigenvalue weighted by Gasteiger charge is 2.14. The average molecular weight is 413 g/mol. The van der Waals surface area contributed by atoms with E-state index in [1.807, 2.05) is 6.07 Å². The van der Waals surface area contributed by atoms with Crippen LogP contribution in [0.15, 0.2) is 64.6 Å². The van der Waals surface area contributed by atoms with Crippen molar-refractivity contribution in [1.29, 1.82) is 5.26 Å². The van der Waals surface area contributed by atoms with Crippen LogP contribution in [0.25, 0.3) is 17.4 Å². The third-order valence-electron chi connectivity index (χ3n) is 3.82. The summed E-state index contributed by atoms with van der Waals surface area (Å²) in [5.41, 5.74) is 0.937. The van der Waals surface area contributed by atoms with Crippen LogP contribution in [0.2, 0.25) is 10.0 Å². The van der Waals surface area contributed by atoms with Crippen molar-refractivity contribution in [3.05, 3.63) is 76.0 Å². The maximum absolute atomic E-state index is 12.4. The molecule has 0 bridgehead atoms. The van der Waals surface area contributed by atoms with Crippen molar-refractivity contribution in [2.75, 3.05) is 12.4 Å². The maximum Gasteiger partial charge on any atom is 0.266 e. The van der Waals surface area contributed by atoms with Gasteiger partial charge in [0.05, 0.1) is 22.7 Å². The first-order valence-electron chi connectivity index (χ1n) is 8.13. The van der Waals surface area contributed by atoms with Gasteiger partial charge in [0.2, 0.25) is 0 Å². The molecular weight excluding hydrogens is 399 g/mol. The smallest absolute Gasteiger partial charge is 0.266 e. The number of nitrogens with zero attached hydrogens (tertiary/aromatic N) is 1. The Labute approximate surface area is 171 Å². The molecule has 7 heteroatoms. The van der Waals surface area contributed by atoms with Crippen LogP contribution in [0.1, 0.15) is 5.76 Å². The van der Waals surface area contributed by atoms with Crippen molar-refractivity contribution in [3.63, 3.8) is 0 Å². The van der Waals surface area contributed by atoms with E-state index in [9.17, 15) is 10.1 Å². The summed E-state index contributed by atoms with van der Waals surface area (Å²) < 4.78 is 10.8. The van der Waals surface area contributed by atoms with Gasteiger partial charge in [-0.2, -0.15) is 5.26 Å². The van der Waals surface area contributed by atoms with Crippen molar-refractivity contribution >= 4 is 40.9 Å². The number of benzene rings is 2. The molecule has 3 rings (SSSR count). The summed E-state index contributed by atoms with van der Waals surface area (Å²) in [7, 11) is 1.53. The number of anilines is 1. The van der Waals surface area contributed by atoms with Gasteiger partial charge in [0.25, 0.3) is 5.91 Å². The van der Waals surface area contributed by atoms with E-state index in [1.54, 1.807) is 54.6 Å². The van der Waals surface area contributed by atoms with Crippen LogP contribution < -0.4 is 10.1 Å². The molecule has 0 fully saturated rings. The monoisotopic (exact) mass is 412 g/mol. The molecule has 0 radical (unpaired) electrons. The molecule has 140 valence electrons. The van der Waals surface area contributed by atoms with Gasteiger partial charge in [-0.05, 0) is 36.4 Å². The molecule has 1 aromatic heterocycles. The Balaban J connectivity index is 1.84. The van der Waals surface area contributed by atoms with Gasteiger partial charge >= 0.3 is 0 Å². The molecule has 0 saturated heterocycles. The highest BCUT2D eigenvalue weighted by Crippen LogP contribution is 2.35. The Morgan fingerprint density at radius 2 is 1.86 bits per heavy atom. The molecular formula is C21H14Cl2N2O3. The standard InChI is InChI=1S/C21H14Cl2N2O3/c1-27-15-5-2-4-14(11-15)25-21(26)13(12-24)10-16-8-9-19(28-16)20-17(22)6-3-7-18(20)23/h2-11H,1H3,(H,25,26)/b13-10+. The molecule has 0 aliphatic carbocycles. The third-order valence-corrected chi connectivity index (χ3v) is 4.45. The second-order valence-electron chi connectivity index (χ2n) is 5.65. The predicted octanol–water partition coefficient (Wildman–Crippen LogP) is 5.81. The second-order valence-corrected chi connectivity index (χ2v) is 6.47. The molecule has 0 atom stereocenters. The molecule has 0 aliphatic heterocycles. The number of hydrogen-bond donors (Lipinski definition) is 1. The van der Waals surface area contributed by atoms with Crippen LogP contribution >= 0.6 is 23.2 Å². The average Bonchev–Trinajstić information content (AvgIpc) is 3.14. The molecule has 0 unspecified atom stereocenters. The zero-order valence-electron chi connectivity index (χ0n) is 14.7. The number of methoxy groups -OCH3 is 1. The molecule has 1 N–H and O–H groups in total. The number of halogens is 2. The lowest BCUT2D eigenvalue weighted by Gasteiger charge is -2.06. The number of furan rings is 1. The first-order valence-corrected chi connectivity index (χ1v) is 8.89. The van der Waals surface area contributed by atoms with E-state index in [-0.39, 0.29) is 5.57 Å². The predicted molar refractivity (Wildman–Crippen MR) is 109 cm³/mol. The zero-order chi connectivity index (χ0) is 20.1. The number of ether oxygens (including phenoxy) is 1. The van der Waals surface area contributed by atoms with Crippen LogP contribution in [0.3, 0.4) is 0 Å². The number of rotatable bonds is 5. The Hall–Kier alpha value is -3.20. The minimum Gasteiger partial charge on any atom is -0.497 e. The summed E-state index contributed by atoms with van der Waals surface area (Å²) >= 11 is 12.4. The number of nitriles is 1. The highest BCUT2D eigenvalue weighted by molar-refractivity contribution is 6.39. The molecule has 2 aromatic carbocycles. The molecule has 0 spiro atoms. The van der Waals surface area contributed by atoms with Gasteiger partial charge in [-0.3, -0.25) is 4.79 Å². The minimum atomic E-state index is -0.565. The lowest BCUT2D eigenvalue weighted by molar-refractivity contribution is -0.112. The summed E-state index contributed by atoms with van der Waals surface area (Å²) in [4.78, 5) is 12.4. The molecule has 1 heterocycles. The number of carbonyl (C=O) groups is 1. The summed E-state index contributed by atoms with van der Waals surface area (Å²) in [6.45, 7) is 0. The molecule has 0 aliphatic rings. The van der Waals surface area contributed by atoms with Crippen LogP contribution in [0.5, 0.6) is 5.75 Å². The molecule has 0 saturated carbocycles. The molecule has 5 nitrogen and oxygen atoms in total. The Bertz CT molecular complexity index is 1080. The molecule has 1 amide bonds. The third kappa shape index (κ3) is 4.37. The van der Waals surface area contributed by atoms with Gasteiger partial charge in [-0.25, -0.2) is 0 Å². The maximum atomic E-state index is 12.4. The SMILES string of the molecule is COc1cccc(NC(=O)/C(C#N)=C/c2ccc(-c3c(Cl)cccc3Cl)o2)c1. The summed E-state index contributed by atoms with van der Waals surface area (Å²) in [5, 5.41) is 12.9. The Kier molecular flexibility index (Phi) is 6.05. The largest absolute Gasteiger partial charge is 0.497 e. The van der Waals surface area contributed by atoms with Gasteiger partial charge in [0.15, 0.2) is 0 Å². The molecule has 28 heavy (non-hydrogen) atoms. The highest BCUT2D eigenvalue weighted by atomic mass is 35.5. The summed E-state index contributed by atoms with van der Waals surface area (Å²) in [5.74, 6) is 0.785. The Morgan fingerprint density at radius 1 is 1.14 bits per heavy atom. The van der Waals surface area contributed by atoms with Crippen LogP contribution in [-0.4, -0.2) is 13.0 Å². The zero-order valence-corrected chi connectivity index (χ0v) is 16.2. The van der Waals surface area contributed by atoms with E-state index in [1.165, 1.54) is 13.2 Å². The van der Waals surface area contributed by atoms with E-state index in [0.717, 1.165) is 0 Å². The van der Waals surface area contributed by atoms with Gasteiger partial charge < -0.3 is 14.5 Å². The van der Waals surface area contributed by atoms with Crippen molar-refractivity contribution in [2.45, 2.75) is 0 Å². The van der Waals surface area contributed by atoms with E-state index in [0.29, 0.717) is 38.6 Å². The normalized spacial score (nSPS) is 11.0. The van der Waals surface area contributed by atoms with E-state index < -0.39 is 5.91 Å². The lowest BCUT2D eigenvalue weighted by atomic mass is 10.2. The summed E-state index contributed by atoms with van der Waals surface area (Å²) in [6.07, 6.45) is 1.35. The number of amides is 1. The molecule has 3 aromatic rings. The number of hydrogen-bond acceptors (Lipinski definition) is 4. The quantitative estimate of drug-likeness (QED) is 0.423. The number of carbonyl (C=O) groups excluding carboxylic acids is 1. The Morgan fingerprint density at radius 3 is 2.54 bits per heavy atom. The van der Waals surface area contributed by atoms with E-state index >= 15 is 0 Å². The number of nitrogens with one attached hydrogen (secondary N) is 1. The lowest BCUT2D eigenvalue weighted by Crippen LogP contribution is -2.13. The van der Waals surface area contributed by atoms with Crippen LogP contribution in [0, 0.1) is 11.3 Å². The van der Waals surface area contributed by atoms with E-state index in [2.05, 4.69) is 5.32 Å². The van der Waals surface area contributed by atoms with Gasteiger partial charge in [-0.1, -0.05) is 35.3 Å². The van der Waals surface area contributed by atoms with Crippen molar-refractivity contribution in [2.24, 2.45) is 0 Å². The van der Waals surface area contributed by atoms with Gasteiger partial charge in [0.1, 0.15) is 28.9 Å². The van der Waals surface area contributed by atoms with Gasteiger partial charge in [-0.15, -0.1) is 0 Å². The first-order chi connectivity index (χ1) is 13.5. The topological polar surface area (TPSA) is 75.3 Å². The fraction of sp³-hybridized carbons (Fsp3) is 0.0476. The minimum absolute atomic E-state index is 0.117.